The minimum Gasteiger partial charge on any atom is -0.480 e. The second-order valence-electron chi connectivity index (χ2n) is 6.20. The Morgan fingerprint density at radius 2 is 2.20 bits per heavy atom. The highest BCUT2D eigenvalue weighted by atomic mass is 32.1. The maximum absolute atomic E-state index is 12.3. The van der Waals surface area contributed by atoms with E-state index >= 15 is 0 Å². The van der Waals surface area contributed by atoms with Crippen molar-refractivity contribution in [3.05, 3.63) is 29.0 Å². The van der Waals surface area contributed by atoms with Crippen molar-refractivity contribution < 1.29 is 19.1 Å². The Morgan fingerprint density at radius 1 is 1.44 bits per heavy atom. The summed E-state index contributed by atoms with van der Waals surface area (Å²) in [5.74, 6) is 0.448. The molecule has 0 aliphatic heterocycles. The summed E-state index contributed by atoms with van der Waals surface area (Å²) in [7, 11) is 0. The molecule has 2 N–H and O–H groups in total. The maximum Gasteiger partial charge on any atom is 0.317 e. The average Bonchev–Trinajstić information content (AvgIpc) is 3.16. The summed E-state index contributed by atoms with van der Waals surface area (Å²) in [6.07, 6.45) is 1.53. The highest BCUT2D eigenvalue weighted by Crippen LogP contribution is 2.28. The van der Waals surface area contributed by atoms with Gasteiger partial charge >= 0.3 is 5.97 Å². The van der Waals surface area contributed by atoms with E-state index in [0.717, 1.165) is 18.6 Å². The van der Waals surface area contributed by atoms with Crippen molar-refractivity contribution in [2.24, 2.45) is 0 Å². The van der Waals surface area contributed by atoms with Crippen LogP contribution in [-0.2, 0) is 4.79 Å². The van der Waals surface area contributed by atoms with Crippen LogP contribution in [0, 0.1) is 6.92 Å². The first-order valence-corrected chi connectivity index (χ1v) is 9.13. The van der Waals surface area contributed by atoms with Crippen LogP contribution >= 0.6 is 11.3 Å². The zero-order chi connectivity index (χ0) is 18.0. The van der Waals surface area contributed by atoms with Gasteiger partial charge in [-0.3, -0.25) is 14.5 Å². The van der Waals surface area contributed by atoms with E-state index in [2.05, 4.69) is 10.3 Å². The van der Waals surface area contributed by atoms with Crippen LogP contribution in [-0.4, -0.2) is 52.0 Å². The highest BCUT2D eigenvalue weighted by Gasteiger charge is 2.35. The summed E-state index contributed by atoms with van der Waals surface area (Å²) in [6.45, 7) is 4.54. The number of carboxylic acids is 1. The predicted octanol–water partition coefficient (Wildman–Crippen LogP) is 2.38. The third-order valence-electron chi connectivity index (χ3n) is 4.40. The molecule has 3 rings (SSSR count). The largest absolute Gasteiger partial charge is 0.480 e. The Bertz CT molecular complexity index is 764. The molecule has 0 unspecified atom stereocenters. The number of aliphatic carboxylic acids is 1. The molecule has 134 valence electrons. The number of thiazole rings is 1. The van der Waals surface area contributed by atoms with E-state index < -0.39 is 5.97 Å². The van der Waals surface area contributed by atoms with E-state index in [9.17, 15) is 9.59 Å². The fraction of sp³-hybridized carbons (Fsp3) is 0.471. The van der Waals surface area contributed by atoms with Gasteiger partial charge in [0.25, 0.3) is 5.91 Å². The standard InChI is InChI=1S/C17H21N3O4S/c1-3-20(8-15(21)22)12-6-11(7-12)18-16(23)13-9-25-17(19-13)14-5-4-10(2)24-14/h4-5,9,11-12H,3,6-8H2,1-2H3,(H,18,23)(H,21,22). The van der Waals surface area contributed by atoms with E-state index in [4.69, 9.17) is 9.52 Å². The lowest BCUT2D eigenvalue weighted by Gasteiger charge is -2.42. The van der Waals surface area contributed by atoms with Crippen LogP contribution < -0.4 is 5.32 Å². The highest BCUT2D eigenvalue weighted by molar-refractivity contribution is 7.13. The number of nitrogens with zero attached hydrogens (tertiary/aromatic N) is 2. The molecule has 0 saturated heterocycles. The third-order valence-corrected chi connectivity index (χ3v) is 5.25. The van der Waals surface area contributed by atoms with Gasteiger partial charge in [0, 0.05) is 17.5 Å². The number of carbonyl (C=O) groups is 2. The number of nitrogens with one attached hydrogen (secondary N) is 1. The van der Waals surface area contributed by atoms with Crippen LogP contribution in [0.1, 0.15) is 36.0 Å². The van der Waals surface area contributed by atoms with E-state index in [0.29, 0.717) is 23.0 Å². The van der Waals surface area contributed by atoms with E-state index in [-0.39, 0.29) is 24.5 Å². The average molecular weight is 363 g/mol. The lowest BCUT2D eigenvalue weighted by atomic mass is 9.85. The molecule has 1 aliphatic carbocycles. The monoisotopic (exact) mass is 363 g/mol. The van der Waals surface area contributed by atoms with Crippen LogP contribution in [0.15, 0.2) is 21.9 Å². The number of furan rings is 1. The number of carbonyl (C=O) groups excluding carboxylic acids is 1. The zero-order valence-corrected chi connectivity index (χ0v) is 15.0. The lowest BCUT2D eigenvalue weighted by molar-refractivity contribution is -0.139. The van der Waals surface area contributed by atoms with Crippen molar-refractivity contribution in [3.63, 3.8) is 0 Å². The Labute approximate surface area is 149 Å². The second kappa shape index (κ2) is 7.37. The molecule has 0 radical (unpaired) electrons. The number of carboxylic acid groups (broad SMARTS) is 1. The number of rotatable bonds is 7. The fourth-order valence-corrected chi connectivity index (χ4v) is 3.74. The first kappa shape index (κ1) is 17.6. The van der Waals surface area contributed by atoms with Gasteiger partial charge in [-0.15, -0.1) is 11.3 Å². The molecule has 1 amide bonds. The summed E-state index contributed by atoms with van der Waals surface area (Å²) in [5.41, 5.74) is 0.385. The zero-order valence-electron chi connectivity index (χ0n) is 14.2. The van der Waals surface area contributed by atoms with Gasteiger partial charge in [-0.25, -0.2) is 4.98 Å². The topological polar surface area (TPSA) is 95.7 Å². The van der Waals surface area contributed by atoms with E-state index in [1.807, 2.05) is 30.9 Å². The summed E-state index contributed by atoms with van der Waals surface area (Å²) in [4.78, 5) is 29.4. The van der Waals surface area contributed by atoms with Gasteiger partial charge in [0.05, 0.1) is 6.54 Å². The molecule has 2 aromatic rings. The van der Waals surface area contributed by atoms with Crippen LogP contribution in [0.3, 0.4) is 0 Å². The van der Waals surface area contributed by atoms with Crippen molar-refractivity contribution in [1.82, 2.24) is 15.2 Å². The molecule has 0 bridgehead atoms. The summed E-state index contributed by atoms with van der Waals surface area (Å²) < 4.78 is 5.52. The lowest BCUT2D eigenvalue weighted by Crippen LogP contribution is -2.54. The first-order valence-electron chi connectivity index (χ1n) is 8.25. The van der Waals surface area contributed by atoms with Crippen molar-refractivity contribution in [2.75, 3.05) is 13.1 Å². The number of hydrogen-bond acceptors (Lipinski definition) is 6. The van der Waals surface area contributed by atoms with Gasteiger partial charge in [-0.1, -0.05) is 6.92 Å². The number of hydrogen-bond donors (Lipinski definition) is 2. The minimum absolute atomic E-state index is 0.0415. The Balaban J connectivity index is 1.52. The number of amides is 1. The fourth-order valence-electron chi connectivity index (χ4n) is 2.98. The van der Waals surface area contributed by atoms with Crippen molar-refractivity contribution in [2.45, 2.75) is 38.8 Å². The molecule has 8 heteroatoms. The molecule has 2 aromatic heterocycles. The molecule has 0 spiro atoms. The minimum atomic E-state index is -0.822. The number of likely N-dealkylation sites (N-methyl/N-ethyl adjacent to an activating group) is 1. The summed E-state index contributed by atoms with van der Waals surface area (Å²) in [5, 5.41) is 14.3. The summed E-state index contributed by atoms with van der Waals surface area (Å²) in [6, 6.07) is 3.98. The normalized spacial score (nSPS) is 19.6. The predicted molar refractivity (Wildman–Crippen MR) is 93.7 cm³/mol. The van der Waals surface area contributed by atoms with Crippen molar-refractivity contribution in [3.8, 4) is 10.8 Å². The van der Waals surface area contributed by atoms with Crippen molar-refractivity contribution in [1.29, 1.82) is 0 Å². The second-order valence-corrected chi connectivity index (χ2v) is 7.06. The first-order chi connectivity index (χ1) is 12.0. The molecular formula is C17H21N3O4S. The molecule has 2 heterocycles. The molecule has 1 aliphatic rings. The van der Waals surface area contributed by atoms with Gasteiger partial charge in [0.2, 0.25) is 0 Å². The SMILES string of the molecule is CCN(CC(=O)O)C1CC(NC(=O)c2csc(-c3ccc(C)o3)n2)C1. The van der Waals surface area contributed by atoms with Gasteiger partial charge < -0.3 is 14.8 Å². The van der Waals surface area contributed by atoms with Crippen LogP contribution in [0.25, 0.3) is 10.8 Å². The van der Waals surface area contributed by atoms with Crippen LogP contribution in [0.4, 0.5) is 0 Å². The molecular weight excluding hydrogens is 342 g/mol. The van der Waals surface area contributed by atoms with Gasteiger partial charge in [-0.2, -0.15) is 0 Å². The smallest absolute Gasteiger partial charge is 0.317 e. The van der Waals surface area contributed by atoms with E-state index in [1.54, 1.807) is 5.38 Å². The Hall–Kier alpha value is -2.19. The maximum atomic E-state index is 12.3. The van der Waals surface area contributed by atoms with Crippen LogP contribution in [0.2, 0.25) is 0 Å². The van der Waals surface area contributed by atoms with Gasteiger partial charge in [0.15, 0.2) is 10.8 Å². The molecule has 1 saturated carbocycles. The number of aromatic nitrogens is 1. The number of aryl methyl sites for hydroxylation is 1. The van der Waals surface area contributed by atoms with E-state index in [1.165, 1.54) is 11.3 Å². The molecule has 25 heavy (non-hydrogen) atoms. The quantitative estimate of drug-likeness (QED) is 0.784. The molecule has 0 aromatic carbocycles. The van der Waals surface area contributed by atoms with Crippen molar-refractivity contribution >= 4 is 23.2 Å². The summed E-state index contributed by atoms with van der Waals surface area (Å²) >= 11 is 1.37. The Morgan fingerprint density at radius 3 is 2.80 bits per heavy atom. The Kier molecular flexibility index (Phi) is 5.19. The molecule has 1 fully saturated rings. The van der Waals surface area contributed by atoms with Gasteiger partial charge in [0.1, 0.15) is 11.5 Å². The molecule has 7 nitrogen and oxygen atoms in total. The molecule has 0 atom stereocenters. The third kappa shape index (κ3) is 4.08. The van der Waals surface area contributed by atoms with Crippen LogP contribution in [0.5, 0.6) is 0 Å². The van der Waals surface area contributed by atoms with Gasteiger partial charge in [-0.05, 0) is 38.4 Å².